The number of imidazole rings is 1. The zero-order valence-corrected chi connectivity index (χ0v) is 7.78. The van der Waals surface area contributed by atoms with Crippen molar-refractivity contribution in [3.8, 4) is 0 Å². The van der Waals surface area contributed by atoms with Crippen LogP contribution >= 0.6 is 0 Å². The summed E-state index contributed by atoms with van der Waals surface area (Å²) in [5, 5.41) is 0. The summed E-state index contributed by atoms with van der Waals surface area (Å²) < 4.78 is 1.44. The predicted molar refractivity (Wildman–Crippen MR) is 53.2 cm³/mol. The molecule has 4 heteroatoms. The summed E-state index contributed by atoms with van der Waals surface area (Å²) in [6.07, 6.45) is 0. The van der Waals surface area contributed by atoms with Gasteiger partial charge in [-0.3, -0.25) is 9.36 Å². The minimum absolute atomic E-state index is 0.0307. The summed E-state index contributed by atoms with van der Waals surface area (Å²) in [6, 6.07) is 7.31. The van der Waals surface area contributed by atoms with E-state index in [1.165, 1.54) is 11.5 Å². The number of hydrogen-bond donors (Lipinski definition) is 1. The minimum Gasteiger partial charge on any atom is -0.306 e. The molecule has 1 heterocycles. The Labute approximate surface area is 80.2 Å². The highest BCUT2D eigenvalue weighted by Gasteiger charge is 2.06. The molecule has 0 fully saturated rings. The van der Waals surface area contributed by atoms with E-state index in [9.17, 15) is 9.59 Å². The van der Waals surface area contributed by atoms with E-state index in [0.717, 1.165) is 11.0 Å². The number of aromatic amines is 1. The number of nitrogens with zero attached hydrogens (tertiary/aromatic N) is 1. The third kappa shape index (κ3) is 1.35. The lowest BCUT2D eigenvalue weighted by Gasteiger charge is -1.97. The van der Waals surface area contributed by atoms with Gasteiger partial charge in [-0.15, -0.1) is 0 Å². The fraction of sp³-hybridized carbons (Fsp3) is 0.200. The van der Waals surface area contributed by atoms with Gasteiger partial charge < -0.3 is 4.98 Å². The number of carbonyl (C=O) groups is 1. The van der Waals surface area contributed by atoms with E-state index in [0.29, 0.717) is 0 Å². The van der Waals surface area contributed by atoms with Crippen LogP contribution in [0.2, 0.25) is 0 Å². The molecule has 1 aromatic carbocycles. The smallest absolute Gasteiger partial charge is 0.306 e. The molecule has 0 saturated carbocycles. The van der Waals surface area contributed by atoms with Crippen LogP contribution in [0.25, 0.3) is 11.0 Å². The Hall–Kier alpha value is -1.84. The van der Waals surface area contributed by atoms with Crippen molar-refractivity contribution in [1.82, 2.24) is 9.55 Å². The van der Waals surface area contributed by atoms with Crippen LogP contribution in [0.4, 0.5) is 0 Å². The first kappa shape index (κ1) is 8.74. The third-order valence-electron chi connectivity index (χ3n) is 2.06. The molecule has 0 aliphatic carbocycles. The summed E-state index contributed by atoms with van der Waals surface area (Å²) in [5.41, 5.74) is 1.30. The summed E-state index contributed by atoms with van der Waals surface area (Å²) >= 11 is 0. The van der Waals surface area contributed by atoms with E-state index in [1.54, 1.807) is 0 Å². The molecule has 2 rings (SSSR count). The van der Waals surface area contributed by atoms with Crippen LogP contribution in [-0.4, -0.2) is 15.3 Å². The fourth-order valence-corrected chi connectivity index (χ4v) is 1.49. The molecule has 14 heavy (non-hydrogen) atoms. The molecular weight excluding hydrogens is 180 g/mol. The first-order valence-corrected chi connectivity index (χ1v) is 4.35. The zero-order valence-electron chi connectivity index (χ0n) is 7.78. The quantitative estimate of drug-likeness (QED) is 0.765. The van der Waals surface area contributed by atoms with Gasteiger partial charge in [0.25, 0.3) is 0 Å². The topological polar surface area (TPSA) is 54.9 Å². The van der Waals surface area contributed by atoms with Crippen LogP contribution in [0, 0.1) is 0 Å². The number of H-pyrrole nitrogens is 1. The monoisotopic (exact) mass is 190 g/mol. The molecule has 0 aliphatic rings. The Bertz CT molecular complexity index is 536. The van der Waals surface area contributed by atoms with Crippen LogP contribution in [0.3, 0.4) is 0 Å². The molecular formula is C10H10N2O2. The molecule has 1 N–H and O–H groups in total. The number of hydrogen-bond acceptors (Lipinski definition) is 2. The van der Waals surface area contributed by atoms with Gasteiger partial charge in [0.15, 0.2) is 0 Å². The SMILES string of the molecule is CC(=O)Cn1c(=O)[nH]c2ccccc21. The van der Waals surface area contributed by atoms with Crippen LogP contribution in [0.1, 0.15) is 6.92 Å². The molecule has 0 atom stereocenters. The number of carbonyl (C=O) groups excluding carboxylic acids is 1. The van der Waals surface area contributed by atoms with Crippen molar-refractivity contribution in [1.29, 1.82) is 0 Å². The molecule has 0 spiro atoms. The van der Waals surface area contributed by atoms with Gasteiger partial charge in [0, 0.05) is 0 Å². The Kier molecular flexibility index (Phi) is 1.96. The predicted octanol–water partition coefficient (Wildman–Crippen LogP) is 0.919. The Morgan fingerprint density at radius 3 is 2.86 bits per heavy atom. The maximum Gasteiger partial charge on any atom is 0.326 e. The summed E-state index contributed by atoms with van der Waals surface area (Å²) in [5.74, 6) is -0.0307. The first-order valence-electron chi connectivity index (χ1n) is 4.35. The fourth-order valence-electron chi connectivity index (χ4n) is 1.49. The highest BCUT2D eigenvalue weighted by Crippen LogP contribution is 2.08. The molecule has 1 aromatic heterocycles. The van der Waals surface area contributed by atoms with E-state index in [4.69, 9.17) is 0 Å². The summed E-state index contributed by atoms with van der Waals surface area (Å²) in [7, 11) is 0. The van der Waals surface area contributed by atoms with Crippen LogP contribution in [-0.2, 0) is 11.3 Å². The van der Waals surface area contributed by atoms with Gasteiger partial charge in [0.05, 0.1) is 17.6 Å². The molecule has 4 nitrogen and oxygen atoms in total. The Morgan fingerprint density at radius 2 is 2.14 bits per heavy atom. The van der Waals surface area contributed by atoms with E-state index in [2.05, 4.69) is 4.98 Å². The molecule has 0 unspecified atom stereocenters. The van der Waals surface area contributed by atoms with E-state index >= 15 is 0 Å². The number of Topliss-reactive ketones (excluding diaryl/α,β-unsaturated/α-hetero) is 1. The molecule has 72 valence electrons. The van der Waals surface area contributed by atoms with Crippen LogP contribution < -0.4 is 5.69 Å². The lowest BCUT2D eigenvalue weighted by molar-refractivity contribution is -0.117. The second kappa shape index (κ2) is 3.14. The Morgan fingerprint density at radius 1 is 1.43 bits per heavy atom. The van der Waals surface area contributed by atoms with Crippen molar-refractivity contribution in [2.45, 2.75) is 13.5 Å². The summed E-state index contributed by atoms with van der Waals surface area (Å²) in [6.45, 7) is 1.59. The third-order valence-corrected chi connectivity index (χ3v) is 2.06. The number of fused-ring (bicyclic) bond motifs is 1. The largest absolute Gasteiger partial charge is 0.326 e. The number of ketones is 1. The molecule has 0 radical (unpaired) electrons. The van der Waals surface area contributed by atoms with Gasteiger partial charge in [-0.1, -0.05) is 12.1 Å². The number of rotatable bonds is 2. The second-order valence-corrected chi connectivity index (χ2v) is 3.24. The molecule has 0 aliphatic heterocycles. The average molecular weight is 190 g/mol. The average Bonchev–Trinajstić information content (AvgIpc) is 2.43. The standard InChI is InChI=1S/C10H10N2O2/c1-7(13)6-12-9-5-3-2-4-8(9)11-10(12)14/h2-5H,6H2,1H3,(H,11,14). The number of para-hydroxylation sites is 2. The van der Waals surface area contributed by atoms with Crippen LogP contribution in [0.5, 0.6) is 0 Å². The van der Waals surface area contributed by atoms with Crippen LogP contribution in [0.15, 0.2) is 29.1 Å². The van der Waals surface area contributed by atoms with Gasteiger partial charge in [0.1, 0.15) is 5.78 Å². The number of benzene rings is 1. The van der Waals surface area contributed by atoms with Gasteiger partial charge in [-0.05, 0) is 19.1 Å². The van der Waals surface area contributed by atoms with Gasteiger partial charge in [-0.25, -0.2) is 4.79 Å². The highest BCUT2D eigenvalue weighted by molar-refractivity contribution is 5.80. The molecule has 0 saturated heterocycles. The second-order valence-electron chi connectivity index (χ2n) is 3.24. The van der Waals surface area contributed by atoms with Crippen molar-refractivity contribution in [2.24, 2.45) is 0 Å². The van der Waals surface area contributed by atoms with Crippen molar-refractivity contribution >= 4 is 16.8 Å². The maximum absolute atomic E-state index is 11.4. The van der Waals surface area contributed by atoms with Gasteiger partial charge >= 0.3 is 5.69 Å². The van der Waals surface area contributed by atoms with Crippen molar-refractivity contribution in [2.75, 3.05) is 0 Å². The van der Waals surface area contributed by atoms with E-state index in [1.807, 2.05) is 24.3 Å². The normalized spacial score (nSPS) is 10.6. The van der Waals surface area contributed by atoms with E-state index < -0.39 is 0 Å². The first-order chi connectivity index (χ1) is 6.68. The maximum atomic E-state index is 11.4. The summed E-state index contributed by atoms with van der Waals surface area (Å²) in [4.78, 5) is 25.1. The van der Waals surface area contributed by atoms with E-state index in [-0.39, 0.29) is 18.0 Å². The lowest BCUT2D eigenvalue weighted by Crippen LogP contribution is -2.20. The molecule has 0 bridgehead atoms. The molecule has 2 aromatic rings. The van der Waals surface area contributed by atoms with Gasteiger partial charge in [0.2, 0.25) is 0 Å². The minimum atomic E-state index is -0.235. The molecule has 0 amide bonds. The number of aromatic nitrogens is 2. The Balaban J connectivity index is 2.68. The van der Waals surface area contributed by atoms with Crippen molar-refractivity contribution in [3.63, 3.8) is 0 Å². The van der Waals surface area contributed by atoms with Crippen molar-refractivity contribution in [3.05, 3.63) is 34.7 Å². The number of nitrogens with one attached hydrogen (secondary N) is 1. The zero-order chi connectivity index (χ0) is 10.1. The van der Waals surface area contributed by atoms with Gasteiger partial charge in [-0.2, -0.15) is 0 Å². The lowest BCUT2D eigenvalue weighted by atomic mass is 10.3. The van der Waals surface area contributed by atoms with Crippen molar-refractivity contribution < 1.29 is 4.79 Å². The highest BCUT2D eigenvalue weighted by atomic mass is 16.2.